The lowest BCUT2D eigenvalue weighted by molar-refractivity contribution is -0.144. The number of hydrogen-bond donors (Lipinski definition) is 1. The van der Waals surface area contributed by atoms with Crippen molar-refractivity contribution in [1.29, 1.82) is 0 Å². The Bertz CT molecular complexity index is 286. The summed E-state index contributed by atoms with van der Waals surface area (Å²) in [5.41, 5.74) is 0. The third-order valence-electron chi connectivity index (χ3n) is 4.91. The van der Waals surface area contributed by atoms with Crippen molar-refractivity contribution >= 4 is 5.97 Å². The standard InChI is InChI=1S/C16H29NO2/c1-13(11-14-7-3-2-4-8-14)12-17-10-6-5-9-15(17)16(18)19/h13-15H,2-12H2,1H3,(H,18,19). The molecule has 0 spiro atoms. The molecule has 110 valence electrons. The van der Waals surface area contributed by atoms with Crippen molar-refractivity contribution in [3.05, 3.63) is 0 Å². The van der Waals surface area contributed by atoms with E-state index in [1.54, 1.807) is 0 Å². The molecular formula is C16H29NO2. The van der Waals surface area contributed by atoms with Crippen molar-refractivity contribution in [3.8, 4) is 0 Å². The van der Waals surface area contributed by atoms with Gasteiger partial charge in [-0.2, -0.15) is 0 Å². The van der Waals surface area contributed by atoms with Crippen LogP contribution in [0, 0.1) is 11.8 Å². The Kier molecular flexibility index (Phi) is 5.68. The Morgan fingerprint density at radius 3 is 2.53 bits per heavy atom. The van der Waals surface area contributed by atoms with Gasteiger partial charge in [-0.25, -0.2) is 0 Å². The second-order valence-electron chi connectivity index (χ2n) is 6.69. The highest BCUT2D eigenvalue weighted by atomic mass is 16.4. The first kappa shape index (κ1) is 14.8. The predicted molar refractivity (Wildman–Crippen MR) is 77.2 cm³/mol. The second-order valence-corrected chi connectivity index (χ2v) is 6.69. The van der Waals surface area contributed by atoms with Gasteiger partial charge in [0.25, 0.3) is 0 Å². The number of rotatable bonds is 5. The van der Waals surface area contributed by atoms with Crippen molar-refractivity contribution in [1.82, 2.24) is 4.90 Å². The molecular weight excluding hydrogens is 238 g/mol. The van der Waals surface area contributed by atoms with Gasteiger partial charge in [-0.05, 0) is 37.6 Å². The number of carbonyl (C=O) groups is 1. The average molecular weight is 267 g/mol. The first-order chi connectivity index (χ1) is 9.16. The van der Waals surface area contributed by atoms with Gasteiger partial charge in [-0.15, -0.1) is 0 Å². The smallest absolute Gasteiger partial charge is 0.320 e. The number of piperidine rings is 1. The van der Waals surface area contributed by atoms with Gasteiger partial charge in [0.1, 0.15) is 6.04 Å². The molecule has 1 saturated carbocycles. The molecule has 0 bridgehead atoms. The van der Waals surface area contributed by atoms with Gasteiger partial charge in [-0.3, -0.25) is 9.69 Å². The van der Waals surface area contributed by atoms with Gasteiger partial charge in [0, 0.05) is 6.54 Å². The van der Waals surface area contributed by atoms with E-state index in [4.69, 9.17) is 0 Å². The summed E-state index contributed by atoms with van der Waals surface area (Å²) in [6.45, 7) is 4.27. The summed E-state index contributed by atoms with van der Waals surface area (Å²) in [4.78, 5) is 13.5. The number of nitrogens with zero attached hydrogens (tertiary/aromatic N) is 1. The molecule has 1 N–H and O–H groups in total. The molecule has 19 heavy (non-hydrogen) atoms. The van der Waals surface area contributed by atoms with E-state index in [1.165, 1.54) is 44.9 Å². The first-order valence-corrected chi connectivity index (χ1v) is 8.13. The van der Waals surface area contributed by atoms with Crippen LogP contribution in [0.3, 0.4) is 0 Å². The zero-order valence-electron chi connectivity index (χ0n) is 12.3. The van der Waals surface area contributed by atoms with Crippen LogP contribution in [0.15, 0.2) is 0 Å². The Morgan fingerprint density at radius 2 is 1.84 bits per heavy atom. The zero-order valence-corrected chi connectivity index (χ0v) is 12.3. The largest absolute Gasteiger partial charge is 0.480 e. The number of likely N-dealkylation sites (tertiary alicyclic amines) is 1. The van der Waals surface area contributed by atoms with Gasteiger partial charge >= 0.3 is 5.97 Å². The lowest BCUT2D eigenvalue weighted by Crippen LogP contribution is -2.46. The van der Waals surface area contributed by atoms with Crippen LogP contribution in [0.4, 0.5) is 0 Å². The minimum Gasteiger partial charge on any atom is -0.480 e. The zero-order chi connectivity index (χ0) is 13.7. The molecule has 1 aliphatic carbocycles. The molecule has 0 aromatic heterocycles. The summed E-state index contributed by atoms with van der Waals surface area (Å²) in [6.07, 6.45) is 11.4. The number of hydrogen-bond acceptors (Lipinski definition) is 2. The van der Waals surface area contributed by atoms with Gasteiger partial charge in [-0.1, -0.05) is 45.4 Å². The average Bonchev–Trinajstić information content (AvgIpc) is 2.40. The molecule has 2 atom stereocenters. The second kappa shape index (κ2) is 7.28. The van der Waals surface area contributed by atoms with Crippen molar-refractivity contribution in [3.63, 3.8) is 0 Å². The minimum absolute atomic E-state index is 0.220. The fraction of sp³-hybridized carbons (Fsp3) is 0.938. The van der Waals surface area contributed by atoms with Crippen molar-refractivity contribution in [2.24, 2.45) is 11.8 Å². The van der Waals surface area contributed by atoms with E-state index in [9.17, 15) is 9.90 Å². The van der Waals surface area contributed by atoms with Gasteiger partial charge in [0.05, 0.1) is 0 Å². The number of carboxylic acid groups (broad SMARTS) is 1. The summed E-state index contributed by atoms with van der Waals surface area (Å²) in [6, 6.07) is -0.220. The number of aliphatic carboxylic acids is 1. The molecule has 2 rings (SSSR count). The van der Waals surface area contributed by atoms with Crippen LogP contribution in [0.5, 0.6) is 0 Å². The summed E-state index contributed by atoms with van der Waals surface area (Å²) in [5.74, 6) is 0.921. The van der Waals surface area contributed by atoms with Crippen LogP contribution in [0.1, 0.15) is 64.7 Å². The molecule has 2 fully saturated rings. The molecule has 2 unspecified atom stereocenters. The fourth-order valence-corrected chi connectivity index (χ4v) is 3.96. The third-order valence-corrected chi connectivity index (χ3v) is 4.91. The topological polar surface area (TPSA) is 40.5 Å². The summed E-state index contributed by atoms with van der Waals surface area (Å²) < 4.78 is 0. The monoisotopic (exact) mass is 267 g/mol. The summed E-state index contributed by atoms with van der Waals surface area (Å²) in [7, 11) is 0. The molecule has 1 aliphatic heterocycles. The van der Waals surface area contributed by atoms with Crippen LogP contribution in [-0.4, -0.2) is 35.1 Å². The van der Waals surface area contributed by atoms with E-state index in [1.807, 2.05) is 0 Å². The Hall–Kier alpha value is -0.570. The maximum Gasteiger partial charge on any atom is 0.320 e. The predicted octanol–water partition coefficient (Wildman–Crippen LogP) is 3.53. The van der Waals surface area contributed by atoms with E-state index in [-0.39, 0.29) is 6.04 Å². The molecule has 3 heteroatoms. The van der Waals surface area contributed by atoms with Gasteiger partial charge in [0.2, 0.25) is 0 Å². The molecule has 2 aliphatic rings. The van der Waals surface area contributed by atoms with E-state index in [0.717, 1.165) is 31.8 Å². The highest BCUT2D eigenvalue weighted by molar-refractivity contribution is 5.73. The van der Waals surface area contributed by atoms with Gasteiger partial charge in [0.15, 0.2) is 0 Å². The maximum atomic E-state index is 11.3. The lowest BCUT2D eigenvalue weighted by atomic mass is 9.83. The SMILES string of the molecule is CC(CC1CCCCC1)CN1CCCCC1C(=O)O. The molecule has 0 aromatic rings. The quantitative estimate of drug-likeness (QED) is 0.828. The Labute approximate surface area is 117 Å². The summed E-state index contributed by atoms with van der Waals surface area (Å²) >= 11 is 0. The Morgan fingerprint density at radius 1 is 1.16 bits per heavy atom. The van der Waals surface area contributed by atoms with Crippen LogP contribution >= 0.6 is 0 Å². The summed E-state index contributed by atoms with van der Waals surface area (Å²) in [5, 5.41) is 9.30. The van der Waals surface area contributed by atoms with E-state index >= 15 is 0 Å². The first-order valence-electron chi connectivity index (χ1n) is 8.13. The van der Waals surface area contributed by atoms with E-state index in [0.29, 0.717) is 5.92 Å². The molecule has 3 nitrogen and oxygen atoms in total. The van der Waals surface area contributed by atoms with Crippen molar-refractivity contribution in [2.45, 2.75) is 70.8 Å². The highest BCUT2D eigenvalue weighted by Gasteiger charge is 2.29. The Balaban J connectivity index is 1.79. The maximum absolute atomic E-state index is 11.3. The highest BCUT2D eigenvalue weighted by Crippen LogP contribution is 2.30. The normalized spacial score (nSPS) is 28.2. The molecule has 0 amide bonds. The van der Waals surface area contributed by atoms with E-state index < -0.39 is 5.97 Å². The van der Waals surface area contributed by atoms with Crippen molar-refractivity contribution in [2.75, 3.05) is 13.1 Å². The van der Waals surface area contributed by atoms with Crippen LogP contribution in [-0.2, 0) is 4.79 Å². The third kappa shape index (κ3) is 4.48. The number of carboxylic acids is 1. The van der Waals surface area contributed by atoms with Crippen molar-refractivity contribution < 1.29 is 9.90 Å². The van der Waals surface area contributed by atoms with E-state index in [2.05, 4.69) is 11.8 Å². The van der Waals surface area contributed by atoms with Crippen LogP contribution in [0.25, 0.3) is 0 Å². The molecule has 1 saturated heterocycles. The van der Waals surface area contributed by atoms with Crippen LogP contribution < -0.4 is 0 Å². The van der Waals surface area contributed by atoms with Gasteiger partial charge < -0.3 is 5.11 Å². The fourth-order valence-electron chi connectivity index (χ4n) is 3.96. The van der Waals surface area contributed by atoms with Crippen LogP contribution in [0.2, 0.25) is 0 Å². The molecule has 0 radical (unpaired) electrons. The molecule has 1 heterocycles. The molecule has 0 aromatic carbocycles. The minimum atomic E-state index is -0.621. The lowest BCUT2D eigenvalue weighted by Gasteiger charge is -2.35.